The molecule has 0 atom stereocenters. The van der Waals surface area contributed by atoms with E-state index in [1.807, 2.05) is 44.2 Å². The van der Waals surface area contributed by atoms with Crippen molar-refractivity contribution in [2.75, 3.05) is 5.32 Å². The molecule has 0 unspecified atom stereocenters. The predicted octanol–water partition coefficient (Wildman–Crippen LogP) is 4.01. The van der Waals surface area contributed by atoms with E-state index in [-0.39, 0.29) is 5.91 Å². The van der Waals surface area contributed by atoms with E-state index >= 15 is 0 Å². The number of aromatic nitrogens is 4. The Balaban J connectivity index is 1.51. The van der Waals surface area contributed by atoms with Gasteiger partial charge in [-0.2, -0.15) is 5.10 Å². The minimum absolute atomic E-state index is 0.208. The molecule has 0 aliphatic carbocycles. The molecule has 0 aliphatic rings. The highest BCUT2D eigenvalue weighted by atomic mass is 16.4. The summed E-state index contributed by atoms with van der Waals surface area (Å²) >= 11 is 0. The zero-order chi connectivity index (χ0) is 19.7. The number of aryl methyl sites for hydroxylation is 3. The zero-order valence-electron chi connectivity index (χ0n) is 15.8. The van der Waals surface area contributed by atoms with Gasteiger partial charge in [0.15, 0.2) is 0 Å². The average molecular weight is 373 g/mol. The van der Waals surface area contributed by atoms with Crippen LogP contribution in [0.4, 0.5) is 5.82 Å². The van der Waals surface area contributed by atoms with Gasteiger partial charge in [0.25, 0.3) is 5.91 Å². The fourth-order valence-corrected chi connectivity index (χ4v) is 2.83. The van der Waals surface area contributed by atoms with E-state index in [0.717, 1.165) is 16.8 Å². The maximum absolute atomic E-state index is 12.4. The molecule has 7 heteroatoms. The van der Waals surface area contributed by atoms with Crippen LogP contribution in [0.15, 0.2) is 59.0 Å². The highest BCUT2D eigenvalue weighted by Crippen LogP contribution is 2.24. The van der Waals surface area contributed by atoms with E-state index < -0.39 is 0 Å². The SMILES string of the molecule is Cc1ccc(-c2nnc(-c3ccc(C(=O)Nc4cc(C)nn4C)cc3)o2)cc1. The summed E-state index contributed by atoms with van der Waals surface area (Å²) in [6.07, 6.45) is 0. The van der Waals surface area contributed by atoms with Crippen LogP contribution in [0.1, 0.15) is 21.6 Å². The van der Waals surface area contributed by atoms with Crippen LogP contribution in [0.5, 0.6) is 0 Å². The van der Waals surface area contributed by atoms with Crippen LogP contribution in [-0.2, 0) is 7.05 Å². The van der Waals surface area contributed by atoms with Gasteiger partial charge in [0, 0.05) is 29.8 Å². The fourth-order valence-electron chi connectivity index (χ4n) is 2.83. The second kappa shape index (κ2) is 7.11. The molecular weight excluding hydrogens is 354 g/mol. The molecule has 0 fully saturated rings. The normalized spacial score (nSPS) is 10.8. The van der Waals surface area contributed by atoms with Crippen LogP contribution in [0, 0.1) is 13.8 Å². The number of nitrogens with zero attached hydrogens (tertiary/aromatic N) is 4. The molecule has 2 heterocycles. The maximum atomic E-state index is 12.4. The van der Waals surface area contributed by atoms with Gasteiger partial charge in [0.2, 0.25) is 11.8 Å². The Kier molecular flexibility index (Phi) is 4.49. The van der Waals surface area contributed by atoms with Crippen LogP contribution in [0.25, 0.3) is 22.9 Å². The van der Waals surface area contributed by atoms with Crippen molar-refractivity contribution in [1.29, 1.82) is 0 Å². The number of anilines is 1. The molecule has 7 nitrogen and oxygen atoms in total. The summed E-state index contributed by atoms with van der Waals surface area (Å²) in [7, 11) is 1.78. The highest BCUT2D eigenvalue weighted by molar-refractivity contribution is 6.04. The molecule has 0 spiro atoms. The molecule has 28 heavy (non-hydrogen) atoms. The van der Waals surface area contributed by atoms with Crippen LogP contribution in [-0.4, -0.2) is 25.9 Å². The molecule has 4 rings (SSSR count). The van der Waals surface area contributed by atoms with Gasteiger partial charge in [-0.1, -0.05) is 17.7 Å². The lowest BCUT2D eigenvalue weighted by atomic mass is 10.1. The van der Waals surface area contributed by atoms with Gasteiger partial charge >= 0.3 is 0 Å². The standard InChI is InChI=1S/C21H19N5O2/c1-13-4-6-16(7-5-13)20-23-24-21(28-20)17-10-8-15(9-11-17)19(27)22-18-12-14(2)25-26(18)3/h4-12H,1-3H3,(H,22,27). The van der Waals surface area contributed by atoms with E-state index in [1.165, 1.54) is 5.56 Å². The Hall–Kier alpha value is -3.74. The number of carbonyl (C=O) groups excluding carboxylic acids is 1. The number of benzene rings is 2. The highest BCUT2D eigenvalue weighted by Gasteiger charge is 2.13. The topological polar surface area (TPSA) is 85.8 Å². The summed E-state index contributed by atoms with van der Waals surface area (Å²) in [5.74, 6) is 1.31. The van der Waals surface area contributed by atoms with Crippen LogP contribution in [0.3, 0.4) is 0 Å². The molecule has 1 amide bonds. The Labute approximate surface area is 162 Å². The van der Waals surface area contributed by atoms with E-state index in [1.54, 1.807) is 36.0 Å². The molecule has 0 radical (unpaired) electrons. The lowest BCUT2D eigenvalue weighted by Crippen LogP contribution is -2.14. The minimum atomic E-state index is -0.208. The Morgan fingerprint density at radius 2 is 1.50 bits per heavy atom. The number of nitrogens with one attached hydrogen (secondary N) is 1. The maximum Gasteiger partial charge on any atom is 0.256 e. The Bertz CT molecular complexity index is 1120. The van der Waals surface area contributed by atoms with Crippen molar-refractivity contribution in [3.8, 4) is 22.9 Å². The Morgan fingerprint density at radius 3 is 2.04 bits per heavy atom. The van der Waals surface area contributed by atoms with Gasteiger partial charge in [-0.3, -0.25) is 9.48 Å². The van der Waals surface area contributed by atoms with Gasteiger partial charge in [-0.25, -0.2) is 0 Å². The van der Waals surface area contributed by atoms with Crippen LogP contribution in [0.2, 0.25) is 0 Å². The van der Waals surface area contributed by atoms with E-state index in [2.05, 4.69) is 20.6 Å². The van der Waals surface area contributed by atoms with Gasteiger partial charge in [-0.15, -0.1) is 10.2 Å². The average Bonchev–Trinajstić information content (AvgIpc) is 3.29. The summed E-state index contributed by atoms with van der Waals surface area (Å²) in [6.45, 7) is 3.90. The summed E-state index contributed by atoms with van der Waals surface area (Å²) in [4.78, 5) is 12.4. The third-order valence-electron chi connectivity index (χ3n) is 4.36. The lowest BCUT2D eigenvalue weighted by Gasteiger charge is -2.05. The van der Waals surface area contributed by atoms with Crippen molar-refractivity contribution < 1.29 is 9.21 Å². The van der Waals surface area contributed by atoms with Gasteiger partial charge in [0.05, 0.1) is 5.69 Å². The molecule has 1 N–H and O–H groups in total. The van der Waals surface area contributed by atoms with Crippen molar-refractivity contribution in [2.24, 2.45) is 7.05 Å². The first kappa shape index (κ1) is 17.7. The third-order valence-corrected chi connectivity index (χ3v) is 4.36. The molecule has 4 aromatic rings. The summed E-state index contributed by atoms with van der Waals surface area (Å²) in [6, 6.07) is 16.7. The number of rotatable bonds is 4. The molecule has 0 saturated carbocycles. The zero-order valence-corrected chi connectivity index (χ0v) is 15.8. The predicted molar refractivity (Wildman–Crippen MR) is 106 cm³/mol. The molecule has 0 bridgehead atoms. The Morgan fingerprint density at radius 1 is 0.929 bits per heavy atom. The minimum Gasteiger partial charge on any atom is -0.416 e. The van der Waals surface area contributed by atoms with Crippen LogP contribution < -0.4 is 5.32 Å². The van der Waals surface area contributed by atoms with E-state index in [4.69, 9.17) is 4.42 Å². The van der Waals surface area contributed by atoms with E-state index in [0.29, 0.717) is 23.2 Å². The first-order valence-corrected chi connectivity index (χ1v) is 8.82. The number of hydrogen-bond acceptors (Lipinski definition) is 5. The molecule has 0 saturated heterocycles. The molecule has 2 aromatic carbocycles. The molecule has 140 valence electrons. The lowest BCUT2D eigenvalue weighted by molar-refractivity contribution is 0.102. The smallest absolute Gasteiger partial charge is 0.256 e. The number of hydrogen-bond donors (Lipinski definition) is 1. The molecular formula is C21H19N5O2. The summed E-state index contributed by atoms with van der Waals surface area (Å²) in [5.41, 5.74) is 4.15. The number of carbonyl (C=O) groups is 1. The van der Waals surface area contributed by atoms with Crippen molar-refractivity contribution in [1.82, 2.24) is 20.0 Å². The second-order valence-corrected chi connectivity index (χ2v) is 6.60. The van der Waals surface area contributed by atoms with Gasteiger partial charge in [0.1, 0.15) is 5.82 Å². The fraction of sp³-hybridized carbons (Fsp3) is 0.143. The first-order chi connectivity index (χ1) is 13.5. The summed E-state index contributed by atoms with van der Waals surface area (Å²) in [5, 5.41) is 15.3. The van der Waals surface area contributed by atoms with Crippen LogP contribution >= 0.6 is 0 Å². The summed E-state index contributed by atoms with van der Waals surface area (Å²) < 4.78 is 7.41. The number of amides is 1. The largest absolute Gasteiger partial charge is 0.416 e. The molecule has 0 aliphatic heterocycles. The van der Waals surface area contributed by atoms with Crippen molar-refractivity contribution in [3.05, 3.63) is 71.4 Å². The van der Waals surface area contributed by atoms with Crippen molar-refractivity contribution in [3.63, 3.8) is 0 Å². The van der Waals surface area contributed by atoms with Crippen molar-refractivity contribution >= 4 is 11.7 Å². The second-order valence-electron chi connectivity index (χ2n) is 6.60. The van der Waals surface area contributed by atoms with Crippen molar-refractivity contribution in [2.45, 2.75) is 13.8 Å². The quantitative estimate of drug-likeness (QED) is 0.584. The van der Waals surface area contributed by atoms with Gasteiger partial charge in [-0.05, 0) is 50.2 Å². The van der Waals surface area contributed by atoms with E-state index in [9.17, 15) is 4.79 Å². The first-order valence-electron chi connectivity index (χ1n) is 8.82. The van der Waals surface area contributed by atoms with Gasteiger partial charge < -0.3 is 9.73 Å². The monoisotopic (exact) mass is 373 g/mol. The third kappa shape index (κ3) is 3.55. The molecule has 2 aromatic heterocycles.